The van der Waals surface area contributed by atoms with Crippen LogP contribution in [0.5, 0.6) is 0 Å². The minimum Gasteiger partial charge on any atom is -0.298 e. The van der Waals surface area contributed by atoms with Crippen LogP contribution in [0.4, 0.5) is 0 Å². The van der Waals surface area contributed by atoms with Gasteiger partial charge in [-0.25, -0.2) is 0 Å². The van der Waals surface area contributed by atoms with E-state index < -0.39 is 0 Å². The van der Waals surface area contributed by atoms with Crippen molar-refractivity contribution in [3.63, 3.8) is 0 Å². The van der Waals surface area contributed by atoms with E-state index in [1.54, 1.807) is 24.3 Å². The molecule has 2 amide bonds. The Labute approximate surface area is 133 Å². The molecule has 0 aliphatic carbocycles. The summed E-state index contributed by atoms with van der Waals surface area (Å²) in [7, 11) is 0. The summed E-state index contributed by atoms with van der Waals surface area (Å²) in [6.07, 6.45) is 0.225. The number of rotatable bonds is 3. The average Bonchev–Trinajstić information content (AvgIpc) is 2.55. The number of hydrogen-bond donors (Lipinski definition) is 3. The van der Waals surface area contributed by atoms with Crippen LogP contribution in [0.3, 0.4) is 0 Å². The van der Waals surface area contributed by atoms with E-state index in [0.29, 0.717) is 5.56 Å². The van der Waals surface area contributed by atoms with Gasteiger partial charge >= 0.3 is 0 Å². The molecule has 0 heterocycles. The minimum absolute atomic E-state index is 0.0373. The summed E-state index contributed by atoms with van der Waals surface area (Å²) in [5, 5.41) is 2.52. The second-order valence-electron chi connectivity index (χ2n) is 4.48. The molecular weight excluding hydrogens is 298 g/mol. The van der Waals surface area contributed by atoms with Crippen molar-refractivity contribution in [1.82, 2.24) is 16.2 Å². The Morgan fingerprint density at radius 3 is 2.09 bits per heavy atom. The highest BCUT2D eigenvalue weighted by Crippen LogP contribution is 1.99. The number of carbonyl (C=O) groups excluding carboxylic acids is 2. The molecular formula is C16H15N3O2S. The van der Waals surface area contributed by atoms with Crippen LogP contribution in [-0.2, 0) is 11.2 Å². The summed E-state index contributed by atoms with van der Waals surface area (Å²) in [6, 6.07) is 18.0. The van der Waals surface area contributed by atoms with Crippen molar-refractivity contribution >= 4 is 29.1 Å². The lowest BCUT2D eigenvalue weighted by atomic mass is 10.1. The van der Waals surface area contributed by atoms with E-state index in [4.69, 9.17) is 12.2 Å². The van der Waals surface area contributed by atoms with Crippen LogP contribution in [0.25, 0.3) is 0 Å². The zero-order valence-electron chi connectivity index (χ0n) is 11.7. The molecule has 0 saturated carbocycles. The van der Waals surface area contributed by atoms with Crippen molar-refractivity contribution in [3.05, 3.63) is 71.8 Å². The third-order valence-electron chi connectivity index (χ3n) is 2.79. The normalized spacial score (nSPS) is 9.64. The van der Waals surface area contributed by atoms with E-state index in [0.717, 1.165) is 5.56 Å². The molecule has 0 aliphatic rings. The first kappa shape index (κ1) is 15.7. The van der Waals surface area contributed by atoms with Crippen molar-refractivity contribution in [2.75, 3.05) is 0 Å². The zero-order valence-corrected chi connectivity index (χ0v) is 12.5. The van der Waals surface area contributed by atoms with Gasteiger partial charge in [0, 0.05) is 5.56 Å². The van der Waals surface area contributed by atoms with Crippen LogP contribution in [0, 0.1) is 0 Å². The number of carbonyl (C=O) groups is 2. The fourth-order valence-corrected chi connectivity index (χ4v) is 1.89. The van der Waals surface area contributed by atoms with E-state index in [9.17, 15) is 9.59 Å². The van der Waals surface area contributed by atoms with Crippen LogP contribution in [-0.4, -0.2) is 16.9 Å². The lowest BCUT2D eigenvalue weighted by Crippen LogP contribution is -2.48. The first-order valence-electron chi connectivity index (χ1n) is 6.64. The number of thiocarbonyl (C=S) groups is 1. The van der Waals surface area contributed by atoms with E-state index in [1.165, 1.54) is 0 Å². The van der Waals surface area contributed by atoms with Crippen molar-refractivity contribution < 1.29 is 9.59 Å². The molecule has 2 aromatic carbocycles. The van der Waals surface area contributed by atoms with Gasteiger partial charge in [0.1, 0.15) is 0 Å². The molecule has 3 N–H and O–H groups in total. The topological polar surface area (TPSA) is 70.2 Å². The summed E-state index contributed by atoms with van der Waals surface area (Å²) in [5.74, 6) is -0.585. The predicted octanol–water partition coefficient (Wildman–Crippen LogP) is 1.56. The molecule has 2 aromatic rings. The van der Waals surface area contributed by atoms with Gasteiger partial charge in [-0.2, -0.15) is 0 Å². The molecule has 0 atom stereocenters. The van der Waals surface area contributed by atoms with Crippen LogP contribution < -0.4 is 16.2 Å². The Balaban J connectivity index is 1.76. The molecule has 0 aromatic heterocycles. The highest BCUT2D eigenvalue weighted by Gasteiger charge is 2.08. The zero-order chi connectivity index (χ0) is 15.8. The number of hydrazine groups is 1. The van der Waals surface area contributed by atoms with Gasteiger partial charge < -0.3 is 0 Å². The summed E-state index contributed by atoms with van der Waals surface area (Å²) >= 11 is 4.96. The monoisotopic (exact) mass is 313 g/mol. The maximum absolute atomic E-state index is 11.8. The number of benzene rings is 2. The lowest BCUT2D eigenvalue weighted by molar-refractivity contribution is -0.121. The second-order valence-corrected chi connectivity index (χ2v) is 4.89. The number of amides is 2. The Morgan fingerprint density at radius 2 is 1.45 bits per heavy atom. The summed E-state index contributed by atoms with van der Waals surface area (Å²) in [6.45, 7) is 0. The molecule has 0 fully saturated rings. The molecule has 112 valence electrons. The number of hydrogen-bond acceptors (Lipinski definition) is 3. The molecule has 5 nitrogen and oxygen atoms in total. The third-order valence-corrected chi connectivity index (χ3v) is 2.99. The van der Waals surface area contributed by atoms with Gasteiger partial charge in [0.05, 0.1) is 6.42 Å². The fraction of sp³-hybridized carbons (Fsp3) is 0.0625. The lowest BCUT2D eigenvalue weighted by Gasteiger charge is -2.10. The van der Waals surface area contributed by atoms with Crippen molar-refractivity contribution in [3.8, 4) is 0 Å². The smallest absolute Gasteiger partial charge is 0.257 e. The molecule has 0 radical (unpaired) electrons. The molecule has 6 heteroatoms. The minimum atomic E-state index is -0.338. The standard InChI is InChI=1S/C16H15N3O2S/c20-14(11-12-7-3-1-4-8-12)18-19-16(22)17-15(21)13-9-5-2-6-10-13/h1-10H,11H2,(H,18,20)(H2,17,19,21,22). The molecule has 0 saturated heterocycles. The Hall–Kier alpha value is -2.73. The molecule has 22 heavy (non-hydrogen) atoms. The van der Waals surface area contributed by atoms with Gasteiger partial charge in [0.15, 0.2) is 5.11 Å². The van der Waals surface area contributed by atoms with E-state index in [2.05, 4.69) is 16.2 Å². The second kappa shape index (κ2) is 7.90. The van der Waals surface area contributed by atoms with Gasteiger partial charge in [0.25, 0.3) is 5.91 Å². The van der Waals surface area contributed by atoms with Gasteiger partial charge in [0.2, 0.25) is 5.91 Å². The Bertz CT molecular complexity index is 660. The largest absolute Gasteiger partial charge is 0.298 e. The molecule has 0 aliphatic heterocycles. The summed E-state index contributed by atoms with van der Waals surface area (Å²) in [4.78, 5) is 23.6. The quantitative estimate of drug-likeness (QED) is 0.594. The van der Waals surface area contributed by atoms with E-state index in [-0.39, 0.29) is 23.3 Å². The Kier molecular flexibility index (Phi) is 5.62. The summed E-state index contributed by atoms with van der Waals surface area (Å²) < 4.78 is 0. The average molecular weight is 313 g/mol. The highest BCUT2D eigenvalue weighted by molar-refractivity contribution is 7.80. The summed E-state index contributed by atoms with van der Waals surface area (Å²) in [5.41, 5.74) is 6.32. The maximum atomic E-state index is 11.8. The van der Waals surface area contributed by atoms with Crippen molar-refractivity contribution in [1.29, 1.82) is 0 Å². The molecule has 0 unspecified atom stereocenters. The van der Waals surface area contributed by atoms with Crippen LogP contribution in [0.1, 0.15) is 15.9 Å². The predicted molar refractivity (Wildman–Crippen MR) is 87.9 cm³/mol. The molecule has 0 bridgehead atoms. The maximum Gasteiger partial charge on any atom is 0.257 e. The van der Waals surface area contributed by atoms with Crippen molar-refractivity contribution in [2.45, 2.75) is 6.42 Å². The Morgan fingerprint density at radius 1 is 0.864 bits per heavy atom. The van der Waals surface area contributed by atoms with Gasteiger partial charge in [-0.3, -0.25) is 25.8 Å². The first-order valence-corrected chi connectivity index (χ1v) is 7.05. The highest BCUT2D eigenvalue weighted by atomic mass is 32.1. The third kappa shape index (κ3) is 4.99. The van der Waals surface area contributed by atoms with Crippen molar-refractivity contribution in [2.24, 2.45) is 0 Å². The SMILES string of the molecule is O=C(Cc1ccccc1)NNC(=S)NC(=O)c1ccccc1. The number of nitrogens with one attached hydrogen (secondary N) is 3. The van der Waals surface area contributed by atoms with Gasteiger partial charge in [-0.1, -0.05) is 48.5 Å². The molecule has 2 rings (SSSR count). The van der Waals surface area contributed by atoms with E-state index >= 15 is 0 Å². The van der Waals surface area contributed by atoms with Gasteiger partial charge in [-0.15, -0.1) is 0 Å². The van der Waals surface area contributed by atoms with Crippen LogP contribution in [0.15, 0.2) is 60.7 Å². The van der Waals surface area contributed by atoms with Crippen LogP contribution in [0.2, 0.25) is 0 Å². The molecule has 0 spiro atoms. The fourth-order valence-electron chi connectivity index (χ4n) is 1.75. The first-order chi connectivity index (χ1) is 10.6. The van der Waals surface area contributed by atoms with Crippen LogP contribution >= 0.6 is 12.2 Å². The van der Waals surface area contributed by atoms with E-state index in [1.807, 2.05) is 36.4 Å². The van der Waals surface area contributed by atoms with Gasteiger partial charge in [-0.05, 0) is 29.9 Å².